The van der Waals surface area contributed by atoms with Crippen LogP contribution in [0.2, 0.25) is 0 Å². The fourth-order valence-electron chi connectivity index (χ4n) is 8.92. The van der Waals surface area contributed by atoms with Gasteiger partial charge in [-0.2, -0.15) is 9.97 Å². The van der Waals surface area contributed by atoms with Gasteiger partial charge in [0.05, 0.1) is 19.8 Å². The fourth-order valence-corrected chi connectivity index (χ4v) is 8.92. The molecule has 4 aliphatic heterocycles. The predicted molar refractivity (Wildman–Crippen MR) is 182 cm³/mol. The zero-order valence-corrected chi connectivity index (χ0v) is 27.9. The van der Waals surface area contributed by atoms with Crippen molar-refractivity contribution in [1.29, 1.82) is 0 Å². The Bertz CT molecular complexity index is 1950. The fraction of sp³-hybridized carbons (Fsp3) is 0.526. The largest absolute Gasteiger partial charge is 0.508 e. The highest BCUT2D eigenvalue weighted by Crippen LogP contribution is 2.48. The summed E-state index contributed by atoms with van der Waals surface area (Å²) in [5.41, 5.74) is 0.840. The number of aromatic hydroxyl groups is 1. The van der Waals surface area contributed by atoms with E-state index in [1.165, 1.54) is 18.2 Å². The highest BCUT2D eigenvalue weighted by atomic mass is 19.2. The minimum absolute atomic E-state index is 0.0133. The summed E-state index contributed by atoms with van der Waals surface area (Å²) in [6, 6.07) is 7.72. The average Bonchev–Trinajstić information content (AvgIpc) is 3.32. The molecule has 5 fully saturated rings. The summed E-state index contributed by atoms with van der Waals surface area (Å²) >= 11 is 0. The van der Waals surface area contributed by atoms with Crippen LogP contribution >= 0.6 is 0 Å². The van der Waals surface area contributed by atoms with E-state index >= 15 is 8.78 Å². The number of phenolic OH excluding ortho intramolecular Hbond substituents is 1. The number of benzene rings is 3. The van der Waals surface area contributed by atoms with Crippen molar-refractivity contribution in [2.45, 2.75) is 57.5 Å². The van der Waals surface area contributed by atoms with Crippen LogP contribution in [0.4, 0.5) is 19.0 Å². The molecule has 0 radical (unpaired) electrons. The molecule has 4 atom stereocenters. The van der Waals surface area contributed by atoms with Gasteiger partial charge in [-0.25, -0.2) is 13.2 Å². The van der Waals surface area contributed by atoms with Crippen molar-refractivity contribution < 1.29 is 27.8 Å². The quantitative estimate of drug-likeness (QED) is 0.223. The van der Waals surface area contributed by atoms with Gasteiger partial charge < -0.3 is 29.7 Å². The Hall–Kier alpha value is -3.67. The van der Waals surface area contributed by atoms with Crippen molar-refractivity contribution >= 4 is 27.5 Å². The molecule has 2 N–H and O–H groups in total. The van der Waals surface area contributed by atoms with E-state index in [4.69, 9.17) is 19.4 Å². The van der Waals surface area contributed by atoms with Gasteiger partial charge in [0.2, 0.25) is 0 Å². The van der Waals surface area contributed by atoms with E-state index in [1.807, 2.05) is 19.9 Å². The highest BCUT2D eigenvalue weighted by Gasteiger charge is 2.48. The first-order valence-corrected chi connectivity index (χ1v) is 17.7. The van der Waals surface area contributed by atoms with Crippen LogP contribution in [-0.4, -0.2) is 84.6 Å². The summed E-state index contributed by atoms with van der Waals surface area (Å²) in [5.74, 6) is -1.32. The predicted octanol–water partition coefficient (Wildman–Crippen LogP) is 6.37. The summed E-state index contributed by atoms with van der Waals surface area (Å²) in [5, 5.41) is 15.1. The maximum Gasteiger partial charge on any atom is 0.319 e. The molecular weight excluding hydrogens is 631 g/mol. The molecule has 1 saturated carbocycles. The highest BCUT2D eigenvalue weighted by molar-refractivity contribution is 6.03. The number of hydrogen-bond acceptors (Lipinski definition) is 8. The molecular formula is C38H42F3N5O3. The monoisotopic (exact) mass is 673 g/mol. The molecule has 5 aliphatic rings. The third-order valence-corrected chi connectivity index (χ3v) is 11.7. The van der Waals surface area contributed by atoms with Gasteiger partial charge in [-0.1, -0.05) is 19.9 Å². The third kappa shape index (κ3) is 5.49. The topological polar surface area (TPSA) is 83.0 Å². The van der Waals surface area contributed by atoms with Crippen LogP contribution in [0, 0.1) is 34.7 Å². The molecule has 4 saturated heterocycles. The van der Waals surface area contributed by atoms with E-state index in [-0.39, 0.29) is 50.5 Å². The van der Waals surface area contributed by atoms with Crippen molar-refractivity contribution in [3.63, 3.8) is 0 Å². The minimum Gasteiger partial charge on any atom is -0.508 e. The number of phenols is 1. The standard InChI is InChI=1S/C38H42F3N5O3/c1-20(2)27-11-29-35(34(41)32(27)28-10-26(47)9-21-3-6-30(39)33(40)31(21)28)43-37(44-36(29)46-14-24-4-5-25(15-46)42-24)49-19-38(7-8-38)18-45-12-22-16-48-17-23(22)13-45/h3,6,9-11,20,22-25,42,47H,4-5,7-8,12-19H2,1-2H3. The number of rotatable bonds is 8. The van der Waals surface area contributed by atoms with Crippen molar-refractivity contribution in [2.24, 2.45) is 17.3 Å². The zero-order chi connectivity index (χ0) is 33.6. The molecule has 258 valence electrons. The van der Waals surface area contributed by atoms with Crippen LogP contribution < -0.4 is 15.0 Å². The number of nitrogens with one attached hydrogen (secondary N) is 1. The van der Waals surface area contributed by atoms with Crippen LogP contribution in [0.15, 0.2) is 30.3 Å². The summed E-state index contributed by atoms with van der Waals surface area (Å²) in [6.07, 6.45) is 4.26. The Balaban J connectivity index is 1.15. The van der Waals surface area contributed by atoms with E-state index in [1.54, 1.807) is 0 Å². The van der Waals surface area contributed by atoms with Crippen molar-refractivity contribution in [3.05, 3.63) is 53.3 Å². The number of piperazine rings is 1. The lowest BCUT2D eigenvalue weighted by atomic mass is 9.87. The first-order chi connectivity index (χ1) is 23.6. The summed E-state index contributed by atoms with van der Waals surface area (Å²) in [6.45, 7) is 10.5. The van der Waals surface area contributed by atoms with Gasteiger partial charge >= 0.3 is 6.01 Å². The number of anilines is 1. The average molecular weight is 674 g/mol. The molecule has 4 unspecified atom stereocenters. The van der Waals surface area contributed by atoms with E-state index in [2.05, 4.69) is 15.1 Å². The Labute approximate surface area is 283 Å². The van der Waals surface area contributed by atoms with Crippen LogP contribution in [0.5, 0.6) is 11.8 Å². The van der Waals surface area contributed by atoms with E-state index in [9.17, 15) is 9.50 Å². The second-order valence-corrected chi connectivity index (χ2v) is 15.6. The number of likely N-dealkylation sites (tertiary alicyclic amines) is 1. The maximum atomic E-state index is 17.3. The van der Waals surface area contributed by atoms with Gasteiger partial charge in [0, 0.05) is 78.4 Å². The van der Waals surface area contributed by atoms with Crippen molar-refractivity contribution in [1.82, 2.24) is 20.2 Å². The summed E-state index contributed by atoms with van der Waals surface area (Å²) in [4.78, 5) is 14.5. The van der Waals surface area contributed by atoms with E-state index in [0.717, 1.165) is 77.7 Å². The van der Waals surface area contributed by atoms with Crippen molar-refractivity contribution in [3.8, 4) is 22.9 Å². The molecule has 3 aromatic carbocycles. The van der Waals surface area contributed by atoms with Gasteiger partial charge in [0.25, 0.3) is 0 Å². The first-order valence-electron chi connectivity index (χ1n) is 17.7. The molecule has 9 rings (SSSR count). The minimum atomic E-state index is -1.09. The van der Waals surface area contributed by atoms with Crippen LogP contribution in [-0.2, 0) is 4.74 Å². The van der Waals surface area contributed by atoms with Gasteiger partial charge in [0.1, 0.15) is 17.1 Å². The molecule has 0 spiro atoms. The van der Waals surface area contributed by atoms with Crippen LogP contribution in [0.3, 0.4) is 0 Å². The molecule has 4 aromatic rings. The molecule has 2 bridgehead atoms. The molecule has 1 aliphatic carbocycles. The van der Waals surface area contributed by atoms with Crippen molar-refractivity contribution in [2.75, 3.05) is 57.4 Å². The Morgan fingerprint density at radius 3 is 2.41 bits per heavy atom. The number of halogens is 3. The Morgan fingerprint density at radius 2 is 1.71 bits per heavy atom. The smallest absolute Gasteiger partial charge is 0.319 e. The van der Waals surface area contributed by atoms with Crippen LogP contribution in [0.25, 0.3) is 32.8 Å². The second kappa shape index (κ2) is 11.7. The number of aromatic nitrogens is 2. The molecule has 1 aromatic heterocycles. The summed E-state index contributed by atoms with van der Waals surface area (Å²) < 4.78 is 59.5. The van der Waals surface area contributed by atoms with E-state index < -0.39 is 17.5 Å². The molecule has 8 nitrogen and oxygen atoms in total. The van der Waals surface area contributed by atoms with Gasteiger partial charge in [-0.3, -0.25) is 0 Å². The molecule has 5 heterocycles. The summed E-state index contributed by atoms with van der Waals surface area (Å²) in [7, 11) is 0. The SMILES string of the molecule is CC(C)c1cc2c(N3CC4CCC(C3)N4)nc(OCC3(CN4CC5COCC5C4)CC3)nc2c(F)c1-c1cc(O)cc2ccc(F)c(F)c12. The third-order valence-electron chi connectivity index (χ3n) is 11.7. The molecule has 49 heavy (non-hydrogen) atoms. The normalized spacial score (nSPS) is 26.0. The number of fused-ring (bicyclic) bond motifs is 5. The number of ether oxygens (including phenoxy) is 2. The van der Waals surface area contributed by atoms with E-state index in [0.29, 0.717) is 47.3 Å². The van der Waals surface area contributed by atoms with Gasteiger partial charge in [-0.15, -0.1) is 0 Å². The number of hydrogen-bond donors (Lipinski definition) is 2. The Morgan fingerprint density at radius 1 is 0.980 bits per heavy atom. The lowest BCUT2D eigenvalue weighted by Gasteiger charge is -2.34. The second-order valence-electron chi connectivity index (χ2n) is 15.6. The molecule has 0 amide bonds. The van der Waals surface area contributed by atoms with Gasteiger partial charge in [0.15, 0.2) is 17.5 Å². The van der Waals surface area contributed by atoms with Crippen LogP contribution in [0.1, 0.15) is 51.0 Å². The first kappa shape index (κ1) is 31.3. The lowest BCUT2D eigenvalue weighted by Crippen LogP contribution is -2.51. The molecule has 11 heteroatoms. The maximum absolute atomic E-state index is 17.3. The lowest BCUT2D eigenvalue weighted by molar-refractivity contribution is 0.131. The Kier molecular flexibility index (Phi) is 7.48. The zero-order valence-electron chi connectivity index (χ0n) is 27.9. The van der Waals surface area contributed by atoms with Gasteiger partial charge in [-0.05, 0) is 72.4 Å². The number of nitrogens with zero attached hydrogens (tertiary/aromatic N) is 4.